The van der Waals surface area contributed by atoms with E-state index in [9.17, 15) is 23.8 Å². The zero-order valence-corrected chi connectivity index (χ0v) is 23.6. The third kappa shape index (κ3) is 10.7. The summed E-state index contributed by atoms with van der Waals surface area (Å²) in [5, 5.41) is 21.1. The predicted molar refractivity (Wildman–Crippen MR) is 150 cm³/mol. The Kier molecular flexibility index (Phi) is 13.7. The number of carbonyl (C=O) groups is 1. The van der Waals surface area contributed by atoms with Gasteiger partial charge >= 0.3 is 5.97 Å². The number of hydrogen-bond acceptors (Lipinski definition) is 6. The third-order valence-corrected chi connectivity index (χ3v) is 7.74. The predicted octanol–water partition coefficient (Wildman–Crippen LogP) is 6.50. The van der Waals surface area contributed by atoms with Crippen molar-refractivity contribution < 1.29 is 38.0 Å². The van der Waals surface area contributed by atoms with E-state index >= 15 is 0 Å². The second kappa shape index (κ2) is 17.0. The molecule has 2 N–H and O–H groups in total. The van der Waals surface area contributed by atoms with Crippen LogP contribution in [0.5, 0.6) is 0 Å². The molecule has 1 aromatic carbocycles. The maximum atomic E-state index is 14.4. The highest BCUT2D eigenvalue weighted by Gasteiger charge is 2.43. The molecule has 224 valence electrons. The molecule has 6 nitrogen and oxygen atoms in total. The van der Waals surface area contributed by atoms with Gasteiger partial charge in [-0.2, -0.15) is 0 Å². The molecule has 0 aromatic heterocycles. The van der Waals surface area contributed by atoms with Crippen molar-refractivity contribution in [2.75, 3.05) is 6.61 Å². The number of hydrogen-bond donors (Lipinski definition) is 2. The largest absolute Gasteiger partial charge is 0.461 e. The molecule has 0 spiro atoms. The van der Waals surface area contributed by atoms with Crippen LogP contribution in [0.1, 0.15) is 83.1 Å². The first-order valence-electron chi connectivity index (χ1n) is 14.8. The molecule has 40 heavy (non-hydrogen) atoms. The summed E-state index contributed by atoms with van der Waals surface area (Å²) in [6.07, 6.45) is 9.30. The summed E-state index contributed by atoms with van der Waals surface area (Å²) in [5.41, 5.74) is 0.948. The topological polar surface area (TPSA) is 85.2 Å². The summed E-state index contributed by atoms with van der Waals surface area (Å²) in [4.78, 5) is 12.0. The van der Waals surface area contributed by atoms with Crippen molar-refractivity contribution in [3.8, 4) is 0 Å². The van der Waals surface area contributed by atoms with E-state index in [0.717, 1.165) is 24.8 Å². The molecule has 1 saturated heterocycles. The normalized spacial score (nSPS) is 26.5. The highest BCUT2D eigenvalue weighted by atomic mass is 19.3. The second-order valence-corrected chi connectivity index (χ2v) is 11.0. The van der Waals surface area contributed by atoms with Gasteiger partial charge in [0.05, 0.1) is 12.2 Å². The number of esters is 1. The number of benzene rings is 1. The lowest BCUT2D eigenvalue weighted by molar-refractivity contribution is -0.193. The summed E-state index contributed by atoms with van der Waals surface area (Å²) in [6.45, 7) is 2.72. The van der Waals surface area contributed by atoms with Crippen molar-refractivity contribution in [2.45, 2.75) is 115 Å². The Morgan fingerprint density at radius 3 is 2.73 bits per heavy atom. The lowest BCUT2D eigenvalue weighted by Gasteiger charge is -2.29. The fourth-order valence-electron chi connectivity index (χ4n) is 5.32. The number of aliphatic hydroxyl groups excluding tert-OH is 2. The monoisotopic (exact) mass is 564 g/mol. The first-order chi connectivity index (χ1) is 19.3. The minimum atomic E-state index is -3.20. The van der Waals surface area contributed by atoms with Crippen LogP contribution in [-0.4, -0.2) is 53.3 Å². The molecule has 2 fully saturated rings. The summed E-state index contributed by atoms with van der Waals surface area (Å²) in [7, 11) is 0. The van der Waals surface area contributed by atoms with Crippen LogP contribution in [0, 0.1) is 11.8 Å². The highest BCUT2D eigenvalue weighted by molar-refractivity contribution is 5.69. The number of aliphatic hydroxyl groups is 2. The number of allylic oxidation sites excluding steroid dienone is 2. The van der Waals surface area contributed by atoms with Crippen LogP contribution >= 0.6 is 0 Å². The van der Waals surface area contributed by atoms with Crippen molar-refractivity contribution in [3.63, 3.8) is 0 Å². The first-order valence-corrected chi connectivity index (χ1v) is 14.8. The lowest BCUT2D eigenvalue weighted by Crippen LogP contribution is -2.33. The van der Waals surface area contributed by atoms with Gasteiger partial charge in [-0.15, -0.1) is 0 Å². The van der Waals surface area contributed by atoms with Crippen molar-refractivity contribution in [1.82, 2.24) is 0 Å². The van der Waals surface area contributed by atoms with Crippen molar-refractivity contribution in [3.05, 3.63) is 60.2 Å². The van der Waals surface area contributed by atoms with Gasteiger partial charge in [-0.1, -0.05) is 68.0 Å². The van der Waals surface area contributed by atoms with Gasteiger partial charge < -0.3 is 24.4 Å². The number of halogens is 2. The van der Waals surface area contributed by atoms with Gasteiger partial charge in [-0.3, -0.25) is 4.79 Å². The Hall–Kier alpha value is -2.13. The van der Waals surface area contributed by atoms with E-state index in [1.54, 1.807) is 6.08 Å². The lowest BCUT2D eigenvalue weighted by atomic mass is 9.89. The van der Waals surface area contributed by atoms with E-state index in [1.807, 2.05) is 49.4 Å². The minimum Gasteiger partial charge on any atom is -0.461 e. The molecular weight excluding hydrogens is 518 g/mol. The molecule has 8 heteroatoms. The van der Waals surface area contributed by atoms with E-state index in [4.69, 9.17) is 14.2 Å². The van der Waals surface area contributed by atoms with Gasteiger partial charge in [-0.25, -0.2) is 8.78 Å². The highest BCUT2D eigenvalue weighted by Crippen LogP contribution is 2.40. The second-order valence-electron chi connectivity index (χ2n) is 11.0. The summed E-state index contributed by atoms with van der Waals surface area (Å²) in [6, 6.07) is 9.53. The molecule has 0 radical (unpaired) electrons. The number of rotatable bonds is 16. The average molecular weight is 565 g/mol. The van der Waals surface area contributed by atoms with Crippen LogP contribution in [-0.2, 0) is 25.6 Å². The molecule has 0 amide bonds. The Labute approximate surface area is 237 Å². The third-order valence-electron chi connectivity index (χ3n) is 7.74. The van der Waals surface area contributed by atoms with E-state index in [0.29, 0.717) is 51.6 Å². The molecular formula is C32H46F2O6. The zero-order valence-electron chi connectivity index (χ0n) is 23.6. The van der Waals surface area contributed by atoms with E-state index < -0.39 is 18.1 Å². The molecule has 1 heterocycles. The summed E-state index contributed by atoms with van der Waals surface area (Å²) in [5.74, 6) is -4.03. The first kappa shape index (κ1) is 32.4. The van der Waals surface area contributed by atoms with Crippen molar-refractivity contribution >= 4 is 5.97 Å². The number of ether oxygens (including phenoxy) is 3. The molecule has 0 bridgehead atoms. The molecule has 3 unspecified atom stereocenters. The smallest absolute Gasteiger partial charge is 0.306 e. The number of alkyl halides is 2. The number of unbranched alkanes of at least 4 members (excludes halogenated alkanes) is 2. The van der Waals surface area contributed by atoms with Crippen molar-refractivity contribution in [2.24, 2.45) is 11.8 Å². The Bertz CT molecular complexity index is 915. The number of carbonyl (C=O) groups excluding carboxylic acids is 1. The average Bonchev–Trinajstić information content (AvgIpc) is 3.25. The van der Waals surface area contributed by atoms with Crippen LogP contribution in [0.15, 0.2) is 54.6 Å². The van der Waals surface area contributed by atoms with Crippen LogP contribution in [0.3, 0.4) is 0 Å². The van der Waals surface area contributed by atoms with Gasteiger partial charge in [0.1, 0.15) is 12.7 Å². The van der Waals surface area contributed by atoms with Crippen LogP contribution in [0.2, 0.25) is 0 Å². The van der Waals surface area contributed by atoms with Crippen LogP contribution in [0.25, 0.3) is 0 Å². The Morgan fingerprint density at radius 1 is 1.20 bits per heavy atom. The quantitative estimate of drug-likeness (QED) is 0.136. The Morgan fingerprint density at radius 2 is 2.00 bits per heavy atom. The van der Waals surface area contributed by atoms with E-state index in [2.05, 4.69) is 0 Å². The minimum absolute atomic E-state index is 0.242. The van der Waals surface area contributed by atoms with Crippen LogP contribution in [0.4, 0.5) is 8.78 Å². The maximum Gasteiger partial charge on any atom is 0.306 e. The molecule has 1 aliphatic carbocycles. The fourth-order valence-corrected chi connectivity index (χ4v) is 5.32. The molecule has 6 atom stereocenters. The molecule has 1 aliphatic heterocycles. The zero-order chi connectivity index (χ0) is 28.8. The van der Waals surface area contributed by atoms with Gasteiger partial charge in [0.25, 0.3) is 5.92 Å². The van der Waals surface area contributed by atoms with Crippen molar-refractivity contribution in [1.29, 1.82) is 0 Å². The van der Waals surface area contributed by atoms with Crippen LogP contribution < -0.4 is 0 Å². The SMILES string of the molecule is CCCCC(F)(F)C(O)/C=C/[C@H]1[C@H](OC2CCCCO2)CC(O)[C@@H]1C/C=C\CCCC(=O)OCc1ccccc1. The Balaban J connectivity index is 1.52. The van der Waals surface area contributed by atoms with Gasteiger partial charge in [0.2, 0.25) is 0 Å². The van der Waals surface area contributed by atoms with E-state index in [-0.39, 0.29) is 43.2 Å². The maximum absolute atomic E-state index is 14.4. The van der Waals surface area contributed by atoms with Gasteiger partial charge in [-0.05, 0) is 56.4 Å². The standard InChI is InChI=1S/C32H46F2O6/c1-2-3-20-32(33,34)29(36)19-18-26-25(27(35)22-28(26)40-31-17-11-12-21-38-31)15-9-4-5-10-16-30(37)39-23-24-13-7-6-8-14-24/h4,6-9,13-14,18-19,25-29,31,35-36H,2-3,5,10-12,15-17,20-23H2,1H3/b9-4-,19-18+/t25-,26-,27?,28-,29?,31?/m1/s1. The molecule has 2 aliphatic rings. The fraction of sp³-hybridized carbons (Fsp3) is 0.656. The molecule has 1 aromatic rings. The molecule has 1 saturated carbocycles. The molecule has 3 rings (SSSR count). The van der Waals surface area contributed by atoms with E-state index in [1.165, 1.54) is 6.08 Å². The van der Waals surface area contributed by atoms with Gasteiger partial charge in [0, 0.05) is 31.8 Å². The van der Waals surface area contributed by atoms with Gasteiger partial charge in [0.15, 0.2) is 6.29 Å². The summed E-state index contributed by atoms with van der Waals surface area (Å²) >= 11 is 0. The summed E-state index contributed by atoms with van der Waals surface area (Å²) < 4.78 is 46.0.